The molecule has 0 radical (unpaired) electrons. The van der Waals surface area contributed by atoms with Gasteiger partial charge in [-0.3, -0.25) is 0 Å². The van der Waals surface area contributed by atoms with Crippen LogP contribution < -0.4 is 5.73 Å². The highest BCUT2D eigenvalue weighted by molar-refractivity contribution is 9.10. The van der Waals surface area contributed by atoms with E-state index < -0.39 is 0 Å². The van der Waals surface area contributed by atoms with Crippen molar-refractivity contribution >= 4 is 33.4 Å². The number of thioether (sulfide) groups is 1. The third kappa shape index (κ3) is 3.40. The molecule has 2 rings (SSSR count). The first-order valence-electron chi connectivity index (χ1n) is 5.55. The SMILES string of the molecule is Nc1ccc(SCCC2CCCO2)c(Br)c1. The molecule has 1 saturated heterocycles. The number of nitrogen functional groups attached to an aromatic ring is 1. The van der Waals surface area contributed by atoms with E-state index in [0.717, 1.165) is 28.9 Å². The third-order valence-corrected chi connectivity index (χ3v) is 4.70. The number of rotatable bonds is 4. The molecule has 0 amide bonds. The Balaban J connectivity index is 1.80. The Kier molecular flexibility index (Phi) is 4.55. The molecule has 0 aliphatic carbocycles. The summed E-state index contributed by atoms with van der Waals surface area (Å²) >= 11 is 5.39. The molecule has 1 fully saturated rings. The van der Waals surface area contributed by atoms with Crippen molar-refractivity contribution in [3.8, 4) is 0 Å². The van der Waals surface area contributed by atoms with Crippen LogP contribution in [0, 0.1) is 0 Å². The molecule has 0 aromatic heterocycles. The molecule has 1 aromatic carbocycles. The average Bonchev–Trinajstić information content (AvgIpc) is 2.74. The topological polar surface area (TPSA) is 35.2 Å². The molecule has 0 spiro atoms. The summed E-state index contributed by atoms with van der Waals surface area (Å²) in [5.74, 6) is 1.10. The number of hydrogen-bond acceptors (Lipinski definition) is 3. The lowest BCUT2D eigenvalue weighted by Crippen LogP contribution is -2.05. The van der Waals surface area contributed by atoms with Gasteiger partial charge in [0.05, 0.1) is 6.10 Å². The van der Waals surface area contributed by atoms with Gasteiger partial charge in [0.2, 0.25) is 0 Å². The first-order chi connectivity index (χ1) is 7.75. The maximum atomic E-state index is 5.70. The van der Waals surface area contributed by atoms with E-state index in [1.54, 1.807) is 0 Å². The van der Waals surface area contributed by atoms with E-state index in [9.17, 15) is 0 Å². The van der Waals surface area contributed by atoms with E-state index in [4.69, 9.17) is 10.5 Å². The zero-order valence-electron chi connectivity index (χ0n) is 9.12. The monoisotopic (exact) mass is 301 g/mol. The van der Waals surface area contributed by atoms with Crippen molar-refractivity contribution < 1.29 is 4.74 Å². The summed E-state index contributed by atoms with van der Waals surface area (Å²) in [4.78, 5) is 1.26. The van der Waals surface area contributed by atoms with Crippen LogP contribution in [0.2, 0.25) is 0 Å². The molecule has 2 nitrogen and oxygen atoms in total. The van der Waals surface area contributed by atoms with Crippen LogP contribution in [0.25, 0.3) is 0 Å². The summed E-state index contributed by atoms with van der Waals surface area (Å²) in [6.45, 7) is 0.945. The molecule has 16 heavy (non-hydrogen) atoms. The highest BCUT2D eigenvalue weighted by atomic mass is 79.9. The molecule has 1 heterocycles. The van der Waals surface area contributed by atoms with Crippen LogP contribution in [0.4, 0.5) is 5.69 Å². The number of nitrogens with two attached hydrogens (primary N) is 1. The third-order valence-electron chi connectivity index (χ3n) is 2.68. The van der Waals surface area contributed by atoms with Crippen LogP contribution in [-0.2, 0) is 4.74 Å². The highest BCUT2D eigenvalue weighted by Gasteiger charge is 2.15. The highest BCUT2D eigenvalue weighted by Crippen LogP contribution is 2.30. The normalized spacial score (nSPS) is 20.2. The predicted octanol–water partition coefficient (Wildman–Crippen LogP) is 3.69. The lowest BCUT2D eigenvalue weighted by atomic mass is 10.2. The second kappa shape index (κ2) is 5.94. The van der Waals surface area contributed by atoms with Crippen molar-refractivity contribution in [3.63, 3.8) is 0 Å². The van der Waals surface area contributed by atoms with Gasteiger partial charge in [0.1, 0.15) is 0 Å². The van der Waals surface area contributed by atoms with Crippen molar-refractivity contribution in [1.29, 1.82) is 0 Å². The van der Waals surface area contributed by atoms with Crippen LogP contribution in [0.15, 0.2) is 27.6 Å². The maximum absolute atomic E-state index is 5.70. The van der Waals surface area contributed by atoms with Crippen molar-refractivity contribution in [3.05, 3.63) is 22.7 Å². The van der Waals surface area contributed by atoms with E-state index in [1.165, 1.54) is 17.7 Å². The van der Waals surface area contributed by atoms with Crippen LogP contribution in [0.5, 0.6) is 0 Å². The molecular formula is C12H16BrNOS. The predicted molar refractivity (Wildman–Crippen MR) is 72.9 cm³/mol. The summed E-state index contributed by atoms with van der Waals surface area (Å²) in [5, 5.41) is 0. The Bertz CT molecular complexity index is 353. The van der Waals surface area contributed by atoms with Crippen molar-refractivity contribution in [2.24, 2.45) is 0 Å². The van der Waals surface area contributed by atoms with Gasteiger partial charge in [0.25, 0.3) is 0 Å². The Morgan fingerprint density at radius 2 is 2.38 bits per heavy atom. The van der Waals surface area contributed by atoms with Crippen molar-refractivity contribution in [1.82, 2.24) is 0 Å². The molecule has 1 aliphatic heterocycles. The first kappa shape index (κ1) is 12.3. The zero-order valence-corrected chi connectivity index (χ0v) is 11.5. The minimum absolute atomic E-state index is 0.486. The van der Waals surface area contributed by atoms with Gasteiger partial charge >= 0.3 is 0 Å². The van der Waals surface area contributed by atoms with Crippen molar-refractivity contribution in [2.75, 3.05) is 18.1 Å². The lowest BCUT2D eigenvalue weighted by molar-refractivity contribution is 0.109. The minimum atomic E-state index is 0.486. The second-order valence-electron chi connectivity index (χ2n) is 3.96. The van der Waals surface area contributed by atoms with Gasteiger partial charge in [-0.25, -0.2) is 0 Å². The quantitative estimate of drug-likeness (QED) is 0.680. The van der Waals surface area contributed by atoms with Gasteiger partial charge in [-0.2, -0.15) is 0 Å². The molecule has 1 atom stereocenters. The first-order valence-corrected chi connectivity index (χ1v) is 7.33. The molecule has 1 unspecified atom stereocenters. The number of ether oxygens (including phenoxy) is 1. The van der Waals surface area contributed by atoms with Crippen molar-refractivity contribution in [2.45, 2.75) is 30.3 Å². The Labute approximate surface area is 109 Å². The molecule has 0 saturated carbocycles. The zero-order chi connectivity index (χ0) is 11.4. The van der Waals surface area contributed by atoms with Crippen LogP contribution in [0.3, 0.4) is 0 Å². The summed E-state index contributed by atoms with van der Waals surface area (Å²) in [5.41, 5.74) is 6.50. The molecule has 1 aromatic rings. The largest absolute Gasteiger partial charge is 0.399 e. The maximum Gasteiger partial charge on any atom is 0.0584 e. The summed E-state index contributed by atoms with van der Waals surface area (Å²) in [6, 6.07) is 5.97. The summed E-state index contributed by atoms with van der Waals surface area (Å²) in [6.07, 6.45) is 4.08. The van der Waals surface area contributed by atoms with E-state index >= 15 is 0 Å². The fourth-order valence-corrected chi connectivity index (χ4v) is 3.51. The average molecular weight is 302 g/mol. The van der Waals surface area contributed by atoms with Gasteiger partial charge < -0.3 is 10.5 Å². The van der Waals surface area contributed by atoms with Gasteiger partial charge in [0, 0.05) is 27.4 Å². The molecule has 0 bridgehead atoms. The number of benzene rings is 1. The van der Waals surface area contributed by atoms with E-state index in [1.807, 2.05) is 23.9 Å². The molecule has 2 N–H and O–H groups in total. The summed E-state index contributed by atoms with van der Waals surface area (Å²) < 4.78 is 6.68. The number of halogens is 1. The van der Waals surface area contributed by atoms with Crippen LogP contribution in [-0.4, -0.2) is 18.5 Å². The van der Waals surface area contributed by atoms with Crippen LogP contribution >= 0.6 is 27.7 Å². The molecule has 4 heteroatoms. The van der Waals surface area contributed by atoms with Gasteiger partial charge in [-0.15, -0.1) is 11.8 Å². The second-order valence-corrected chi connectivity index (χ2v) is 5.95. The molecular weight excluding hydrogens is 286 g/mol. The van der Waals surface area contributed by atoms with E-state index in [2.05, 4.69) is 22.0 Å². The van der Waals surface area contributed by atoms with Gasteiger partial charge in [-0.1, -0.05) is 0 Å². The molecule has 88 valence electrons. The van der Waals surface area contributed by atoms with Gasteiger partial charge in [0.15, 0.2) is 0 Å². The molecule has 1 aliphatic rings. The Morgan fingerprint density at radius 3 is 3.06 bits per heavy atom. The summed E-state index contributed by atoms with van der Waals surface area (Å²) in [7, 11) is 0. The number of hydrogen-bond donors (Lipinski definition) is 1. The van der Waals surface area contributed by atoms with Gasteiger partial charge in [-0.05, 0) is 53.4 Å². The van der Waals surface area contributed by atoms with E-state index in [0.29, 0.717) is 6.10 Å². The Morgan fingerprint density at radius 1 is 1.50 bits per heavy atom. The lowest BCUT2D eigenvalue weighted by Gasteiger charge is -2.09. The van der Waals surface area contributed by atoms with Crippen LogP contribution in [0.1, 0.15) is 19.3 Å². The smallest absolute Gasteiger partial charge is 0.0584 e. The fourth-order valence-electron chi connectivity index (χ4n) is 1.81. The minimum Gasteiger partial charge on any atom is -0.399 e. The number of anilines is 1. The fraction of sp³-hybridized carbons (Fsp3) is 0.500. The standard InChI is InChI=1S/C12H16BrNOS/c13-11-8-9(14)3-4-12(11)16-7-5-10-2-1-6-15-10/h3-4,8,10H,1-2,5-7,14H2. The van der Waals surface area contributed by atoms with E-state index in [-0.39, 0.29) is 0 Å². The Hall–Kier alpha value is -0.190.